The van der Waals surface area contributed by atoms with Crippen LogP contribution in [0.4, 0.5) is 16.2 Å². The Kier molecular flexibility index (Phi) is 5.44. The third-order valence-corrected chi connectivity index (χ3v) is 6.24. The number of rotatable bonds is 5. The van der Waals surface area contributed by atoms with Gasteiger partial charge in [-0.3, -0.25) is 5.10 Å². The van der Waals surface area contributed by atoms with E-state index in [9.17, 15) is 4.79 Å². The maximum absolute atomic E-state index is 12.4. The van der Waals surface area contributed by atoms with Crippen molar-refractivity contribution in [3.8, 4) is 22.5 Å². The van der Waals surface area contributed by atoms with Gasteiger partial charge in [0.05, 0.1) is 11.2 Å². The van der Waals surface area contributed by atoms with E-state index in [1.165, 1.54) is 0 Å². The molecule has 0 aliphatic rings. The molecule has 2 amide bonds. The molecular formula is C29H24N6O. The lowest BCUT2D eigenvalue weighted by Gasteiger charge is -2.09. The smallest absolute Gasteiger partial charge is 0.323 e. The van der Waals surface area contributed by atoms with Crippen molar-refractivity contribution in [1.82, 2.24) is 15.2 Å². The molecule has 0 fully saturated rings. The van der Waals surface area contributed by atoms with Gasteiger partial charge in [-0.25, -0.2) is 4.79 Å². The van der Waals surface area contributed by atoms with Gasteiger partial charge in [-0.2, -0.15) is 5.10 Å². The van der Waals surface area contributed by atoms with Crippen LogP contribution in [0, 0.1) is 0 Å². The average molecular weight is 473 g/mol. The summed E-state index contributed by atoms with van der Waals surface area (Å²) in [7, 11) is 0. The fourth-order valence-corrected chi connectivity index (χ4v) is 4.42. The van der Waals surface area contributed by atoms with Crippen LogP contribution in [-0.2, 0) is 6.54 Å². The van der Waals surface area contributed by atoms with Gasteiger partial charge in [0.1, 0.15) is 5.69 Å². The fourth-order valence-electron chi connectivity index (χ4n) is 4.42. The molecule has 0 saturated heterocycles. The highest BCUT2D eigenvalue weighted by Crippen LogP contribution is 2.31. The number of para-hydroxylation sites is 1. The number of hydrogen-bond acceptors (Lipinski definition) is 3. The van der Waals surface area contributed by atoms with Crippen LogP contribution in [0.2, 0.25) is 0 Å². The Labute approximate surface area is 207 Å². The zero-order valence-electron chi connectivity index (χ0n) is 19.4. The quantitative estimate of drug-likeness (QED) is 0.198. The minimum Gasteiger partial charge on any atom is -0.353 e. The van der Waals surface area contributed by atoms with Crippen molar-refractivity contribution in [2.75, 3.05) is 10.6 Å². The SMILES string of the molecule is NCc1cccc(NC(=O)Nc2ccc(-c3ccc4c(-c5cc6ccccc6[nH]5)n[nH]c4c3)cc2)c1. The Bertz CT molecular complexity index is 1660. The van der Waals surface area contributed by atoms with E-state index in [0.29, 0.717) is 17.9 Å². The highest BCUT2D eigenvalue weighted by Gasteiger charge is 2.12. The number of fused-ring (bicyclic) bond motifs is 2. The van der Waals surface area contributed by atoms with Crippen LogP contribution in [0.15, 0.2) is 97.1 Å². The summed E-state index contributed by atoms with van der Waals surface area (Å²) in [5.74, 6) is 0. The number of amides is 2. The molecule has 176 valence electrons. The number of anilines is 2. The predicted octanol–water partition coefficient (Wildman–Crippen LogP) is 6.48. The molecule has 7 nitrogen and oxygen atoms in total. The molecule has 2 aromatic heterocycles. The molecule has 0 radical (unpaired) electrons. The second-order valence-electron chi connectivity index (χ2n) is 8.66. The van der Waals surface area contributed by atoms with E-state index in [1.807, 2.05) is 60.7 Å². The number of carbonyl (C=O) groups is 1. The molecule has 0 bridgehead atoms. The molecular weight excluding hydrogens is 448 g/mol. The maximum Gasteiger partial charge on any atom is 0.323 e. The van der Waals surface area contributed by atoms with E-state index in [-0.39, 0.29) is 6.03 Å². The summed E-state index contributed by atoms with van der Waals surface area (Å²) in [6.45, 7) is 0.424. The standard InChI is InChI=1S/C29H24N6O/c30-17-18-4-3-6-23(14-18)32-29(36)31-22-11-8-19(9-12-22)20-10-13-24-26(15-20)34-35-28(24)27-16-21-5-1-2-7-25(21)33-27/h1-16,33H,17,30H2,(H,34,35)(H2,31,32,36). The van der Waals surface area contributed by atoms with Crippen molar-refractivity contribution in [3.05, 3.63) is 103 Å². The minimum absolute atomic E-state index is 0.305. The highest BCUT2D eigenvalue weighted by molar-refractivity contribution is 6.00. The summed E-state index contributed by atoms with van der Waals surface area (Å²) in [4.78, 5) is 15.8. The second kappa shape index (κ2) is 9.05. The summed E-state index contributed by atoms with van der Waals surface area (Å²) in [5.41, 5.74) is 14.1. The number of nitrogens with one attached hydrogen (secondary N) is 4. The van der Waals surface area contributed by atoms with Gasteiger partial charge >= 0.3 is 6.03 Å². The first kappa shape index (κ1) is 21.6. The Morgan fingerprint density at radius 1 is 0.778 bits per heavy atom. The van der Waals surface area contributed by atoms with Gasteiger partial charge in [0.15, 0.2) is 0 Å². The average Bonchev–Trinajstić information content (AvgIpc) is 3.53. The van der Waals surface area contributed by atoms with Crippen LogP contribution in [0.1, 0.15) is 5.56 Å². The van der Waals surface area contributed by atoms with Crippen molar-refractivity contribution >= 4 is 39.2 Å². The number of aromatic amines is 2. The maximum atomic E-state index is 12.4. The predicted molar refractivity (Wildman–Crippen MR) is 146 cm³/mol. The molecule has 0 saturated carbocycles. The molecule has 2 heterocycles. The Morgan fingerprint density at radius 2 is 1.58 bits per heavy atom. The molecule has 0 atom stereocenters. The van der Waals surface area contributed by atoms with Gasteiger partial charge in [0, 0.05) is 34.2 Å². The van der Waals surface area contributed by atoms with Gasteiger partial charge < -0.3 is 21.4 Å². The first-order valence-corrected chi connectivity index (χ1v) is 11.7. The Balaban J connectivity index is 1.19. The Morgan fingerprint density at radius 3 is 2.42 bits per heavy atom. The molecule has 0 aliphatic carbocycles. The first-order chi connectivity index (χ1) is 17.7. The number of aromatic nitrogens is 3. The second-order valence-corrected chi connectivity index (χ2v) is 8.66. The van der Waals surface area contributed by atoms with Crippen molar-refractivity contribution in [3.63, 3.8) is 0 Å². The molecule has 0 aliphatic heterocycles. The van der Waals surface area contributed by atoms with E-state index < -0.39 is 0 Å². The topological polar surface area (TPSA) is 112 Å². The summed E-state index contributed by atoms with van der Waals surface area (Å²) in [6, 6.07) is 31.5. The van der Waals surface area contributed by atoms with Gasteiger partial charge in [-0.15, -0.1) is 0 Å². The Hall–Kier alpha value is -4.88. The minimum atomic E-state index is -0.305. The molecule has 6 aromatic rings. The summed E-state index contributed by atoms with van der Waals surface area (Å²) < 4.78 is 0. The molecule has 4 aromatic carbocycles. The van der Waals surface area contributed by atoms with Crippen molar-refractivity contribution in [1.29, 1.82) is 0 Å². The third kappa shape index (κ3) is 4.19. The summed E-state index contributed by atoms with van der Waals surface area (Å²) in [6.07, 6.45) is 0. The fraction of sp³-hybridized carbons (Fsp3) is 0.0345. The van der Waals surface area contributed by atoms with Gasteiger partial charge in [-0.1, -0.05) is 48.5 Å². The van der Waals surface area contributed by atoms with Crippen LogP contribution in [0.25, 0.3) is 44.3 Å². The van der Waals surface area contributed by atoms with Crippen molar-refractivity contribution in [2.45, 2.75) is 6.54 Å². The van der Waals surface area contributed by atoms with Crippen molar-refractivity contribution < 1.29 is 4.79 Å². The number of nitrogens with zero attached hydrogens (tertiary/aromatic N) is 1. The molecule has 0 unspecified atom stereocenters. The zero-order chi connectivity index (χ0) is 24.5. The third-order valence-electron chi connectivity index (χ3n) is 6.24. The van der Waals surface area contributed by atoms with Gasteiger partial charge in [0.2, 0.25) is 0 Å². The van der Waals surface area contributed by atoms with Crippen LogP contribution < -0.4 is 16.4 Å². The van der Waals surface area contributed by atoms with Crippen molar-refractivity contribution in [2.24, 2.45) is 5.73 Å². The zero-order valence-corrected chi connectivity index (χ0v) is 19.4. The van der Waals surface area contributed by atoms with Crippen LogP contribution >= 0.6 is 0 Å². The number of nitrogens with two attached hydrogens (primary N) is 1. The number of urea groups is 1. The van der Waals surface area contributed by atoms with E-state index in [0.717, 1.165) is 49.9 Å². The van der Waals surface area contributed by atoms with E-state index in [2.05, 4.69) is 62.2 Å². The molecule has 36 heavy (non-hydrogen) atoms. The first-order valence-electron chi connectivity index (χ1n) is 11.7. The monoisotopic (exact) mass is 472 g/mol. The number of carbonyl (C=O) groups excluding carboxylic acids is 1. The molecule has 0 spiro atoms. The molecule has 6 rings (SSSR count). The lowest BCUT2D eigenvalue weighted by atomic mass is 10.0. The van der Waals surface area contributed by atoms with Crippen LogP contribution in [0.5, 0.6) is 0 Å². The lowest BCUT2D eigenvalue weighted by molar-refractivity contribution is 0.262. The number of benzene rings is 4. The number of H-pyrrole nitrogens is 2. The van der Waals surface area contributed by atoms with E-state index in [4.69, 9.17) is 5.73 Å². The van der Waals surface area contributed by atoms with Gasteiger partial charge in [-0.05, 0) is 65.2 Å². The van der Waals surface area contributed by atoms with E-state index >= 15 is 0 Å². The highest BCUT2D eigenvalue weighted by atomic mass is 16.2. The number of hydrogen-bond donors (Lipinski definition) is 5. The summed E-state index contributed by atoms with van der Waals surface area (Å²) in [5, 5.41) is 15.7. The van der Waals surface area contributed by atoms with Crippen LogP contribution in [-0.4, -0.2) is 21.2 Å². The summed E-state index contributed by atoms with van der Waals surface area (Å²) >= 11 is 0. The largest absolute Gasteiger partial charge is 0.353 e. The molecule has 6 N–H and O–H groups in total. The van der Waals surface area contributed by atoms with Gasteiger partial charge in [0.25, 0.3) is 0 Å². The normalized spacial score (nSPS) is 11.1. The lowest BCUT2D eigenvalue weighted by Crippen LogP contribution is -2.19. The molecule has 7 heteroatoms. The van der Waals surface area contributed by atoms with E-state index in [1.54, 1.807) is 0 Å². The van der Waals surface area contributed by atoms with Crippen LogP contribution in [0.3, 0.4) is 0 Å².